The van der Waals surface area contributed by atoms with E-state index in [1.54, 1.807) is 18.2 Å². The van der Waals surface area contributed by atoms with E-state index in [1.807, 2.05) is 18.4 Å². The third-order valence-corrected chi connectivity index (χ3v) is 8.41. The van der Waals surface area contributed by atoms with Crippen LogP contribution in [0.25, 0.3) is 11.4 Å². The van der Waals surface area contributed by atoms with Gasteiger partial charge in [0.1, 0.15) is 17.4 Å². The molecule has 1 aliphatic carbocycles. The van der Waals surface area contributed by atoms with Gasteiger partial charge in [-0.2, -0.15) is 0 Å². The van der Waals surface area contributed by atoms with Crippen molar-refractivity contribution < 1.29 is 14.3 Å². The molecule has 1 amide bonds. The van der Waals surface area contributed by atoms with Crippen molar-refractivity contribution in [1.82, 2.24) is 14.9 Å². The van der Waals surface area contributed by atoms with Gasteiger partial charge in [-0.1, -0.05) is 34.9 Å². The fourth-order valence-electron chi connectivity index (χ4n) is 5.13. The molecule has 1 aromatic carbocycles. The van der Waals surface area contributed by atoms with Crippen molar-refractivity contribution >= 4 is 40.4 Å². The first-order valence-electron chi connectivity index (χ1n) is 13.3. The van der Waals surface area contributed by atoms with E-state index < -0.39 is 0 Å². The van der Waals surface area contributed by atoms with Crippen LogP contribution in [-0.2, 0) is 17.9 Å². The summed E-state index contributed by atoms with van der Waals surface area (Å²) in [6.45, 7) is 4.45. The molecule has 9 heteroatoms. The highest BCUT2D eigenvalue weighted by Gasteiger charge is 2.24. The Bertz CT molecular complexity index is 1290. The van der Waals surface area contributed by atoms with Crippen LogP contribution >= 0.6 is 34.5 Å². The zero-order valence-electron chi connectivity index (χ0n) is 21.6. The minimum Gasteiger partial charge on any atom is -0.486 e. The number of allylic oxidation sites excluding steroid dienone is 1. The van der Waals surface area contributed by atoms with E-state index in [2.05, 4.69) is 16.0 Å². The second-order valence-electron chi connectivity index (χ2n) is 9.91. The first kappa shape index (κ1) is 27.3. The molecule has 3 heterocycles. The number of benzene rings is 1. The van der Waals surface area contributed by atoms with Crippen molar-refractivity contribution in [1.29, 1.82) is 0 Å². The standard InChI is InChI=1S/C29H33Cl2N3O3S/c1-19-25(29(35)32-10-9-20-6-3-2-4-7-20)15-27(34(19)16-23-8-5-11-36-23)26-18-38-28(33-26)17-37-24-13-21(30)12-22(31)14-24/h6,12-15,18,23H,2-5,7-11,16-17H2,1H3,(H,32,35). The van der Waals surface area contributed by atoms with Gasteiger partial charge in [0.05, 0.1) is 23.1 Å². The number of halogens is 2. The number of nitrogens with zero attached hydrogens (tertiary/aromatic N) is 2. The molecule has 202 valence electrons. The van der Waals surface area contributed by atoms with E-state index in [9.17, 15) is 4.79 Å². The summed E-state index contributed by atoms with van der Waals surface area (Å²) in [4.78, 5) is 18.1. The third kappa shape index (κ3) is 6.81. The summed E-state index contributed by atoms with van der Waals surface area (Å²) in [5.74, 6) is 0.558. The Hall–Kier alpha value is -2.32. The smallest absolute Gasteiger partial charge is 0.253 e. The molecule has 6 nitrogen and oxygen atoms in total. The summed E-state index contributed by atoms with van der Waals surface area (Å²) < 4.78 is 14.0. The molecule has 3 aromatic rings. The lowest BCUT2D eigenvalue weighted by atomic mass is 9.97. The SMILES string of the molecule is Cc1c(C(=O)NCCC2=CCCCC2)cc(-c2csc(COc3cc(Cl)cc(Cl)c3)n2)n1CC1CCCO1. The third-order valence-electron chi connectivity index (χ3n) is 7.15. The van der Waals surface area contributed by atoms with Crippen molar-refractivity contribution in [2.45, 2.75) is 71.1 Å². The molecule has 2 aliphatic rings. The fraction of sp³-hybridized carbons (Fsp3) is 0.448. The first-order valence-corrected chi connectivity index (χ1v) is 14.9. The van der Waals surface area contributed by atoms with Gasteiger partial charge in [-0.05, 0) is 76.1 Å². The minimum atomic E-state index is -0.0390. The number of hydrogen-bond acceptors (Lipinski definition) is 5. The lowest BCUT2D eigenvalue weighted by Gasteiger charge is -2.16. The maximum Gasteiger partial charge on any atom is 0.253 e. The molecular formula is C29H33Cl2N3O3S. The lowest BCUT2D eigenvalue weighted by Crippen LogP contribution is -2.25. The van der Waals surface area contributed by atoms with E-state index in [0.29, 0.717) is 41.1 Å². The van der Waals surface area contributed by atoms with Crippen molar-refractivity contribution in [3.05, 3.63) is 67.6 Å². The number of thiazole rings is 1. The number of rotatable bonds is 10. The Labute approximate surface area is 238 Å². The van der Waals surface area contributed by atoms with Gasteiger partial charge >= 0.3 is 0 Å². The van der Waals surface area contributed by atoms with Gasteiger partial charge in [-0.25, -0.2) is 4.98 Å². The van der Waals surface area contributed by atoms with Crippen molar-refractivity contribution in [2.75, 3.05) is 13.2 Å². The normalized spacial score (nSPS) is 17.4. The zero-order chi connectivity index (χ0) is 26.5. The summed E-state index contributed by atoms with van der Waals surface area (Å²) in [6.07, 6.45) is 10.3. The predicted octanol–water partition coefficient (Wildman–Crippen LogP) is 7.61. The van der Waals surface area contributed by atoms with Gasteiger partial charge in [-0.15, -0.1) is 11.3 Å². The highest BCUT2D eigenvalue weighted by atomic mass is 35.5. The molecule has 1 unspecified atom stereocenters. The van der Waals surface area contributed by atoms with E-state index in [1.165, 1.54) is 29.8 Å². The van der Waals surface area contributed by atoms with Crippen LogP contribution in [0.4, 0.5) is 0 Å². The Morgan fingerprint density at radius 2 is 2.05 bits per heavy atom. The highest BCUT2D eigenvalue weighted by Crippen LogP contribution is 2.30. The molecular weight excluding hydrogens is 541 g/mol. The first-order chi connectivity index (χ1) is 18.5. The van der Waals surface area contributed by atoms with Crippen LogP contribution in [0, 0.1) is 6.92 Å². The second kappa shape index (κ2) is 12.7. The molecule has 1 fully saturated rings. The predicted molar refractivity (Wildman–Crippen MR) is 154 cm³/mol. The highest BCUT2D eigenvalue weighted by molar-refractivity contribution is 7.09. The van der Waals surface area contributed by atoms with Crippen LogP contribution in [0.1, 0.15) is 66.0 Å². The average molecular weight is 575 g/mol. The second-order valence-corrected chi connectivity index (χ2v) is 11.7. The summed E-state index contributed by atoms with van der Waals surface area (Å²) in [7, 11) is 0. The van der Waals surface area contributed by atoms with Gasteiger partial charge < -0.3 is 19.4 Å². The van der Waals surface area contributed by atoms with Crippen LogP contribution in [0.3, 0.4) is 0 Å². The maximum absolute atomic E-state index is 13.2. The van der Waals surface area contributed by atoms with Crippen LogP contribution < -0.4 is 10.1 Å². The van der Waals surface area contributed by atoms with Gasteiger partial charge in [0.2, 0.25) is 0 Å². The quantitative estimate of drug-likeness (QED) is 0.253. The number of nitrogens with one attached hydrogen (secondary N) is 1. The summed E-state index contributed by atoms with van der Waals surface area (Å²) >= 11 is 13.7. The Kier molecular flexibility index (Phi) is 9.10. The van der Waals surface area contributed by atoms with Crippen molar-refractivity contribution in [2.24, 2.45) is 0 Å². The number of carbonyl (C=O) groups is 1. The summed E-state index contributed by atoms with van der Waals surface area (Å²) in [5, 5.41) is 7.03. The van der Waals surface area contributed by atoms with E-state index in [0.717, 1.165) is 60.8 Å². The molecule has 0 radical (unpaired) electrons. The molecule has 0 spiro atoms. The topological polar surface area (TPSA) is 65.4 Å². The van der Waals surface area contributed by atoms with Crippen LogP contribution in [0.2, 0.25) is 10.0 Å². The lowest BCUT2D eigenvalue weighted by molar-refractivity contribution is 0.0941. The molecule has 1 N–H and O–H groups in total. The monoisotopic (exact) mass is 573 g/mol. The Morgan fingerprint density at radius 3 is 2.79 bits per heavy atom. The fourth-order valence-corrected chi connectivity index (χ4v) is 6.33. The van der Waals surface area contributed by atoms with Gasteiger partial charge in [0.25, 0.3) is 5.91 Å². The number of ether oxygens (including phenoxy) is 2. The minimum absolute atomic E-state index is 0.0390. The van der Waals surface area contributed by atoms with Crippen LogP contribution in [0.15, 0.2) is 41.3 Å². The van der Waals surface area contributed by atoms with E-state index >= 15 is 0 Å². The summed E-state index contributed by atoms with van der Waals surface area (Å²) in [5.41, 5.74) is 4.83. The van der Waals surface area contributed by atoms with Gasteiger partial charge in [0.15, 0.2) is 0 Å². The van der Waals surface area contributed by atoms with E-state index in [4.69, 9.17) is 37.7 Å². The number of carbonyl (C=O) groups excluding carboxylic acids is 1. The molecule has 2 aromatic heterocycles. The molecule has 0 saturated carbocycles. The maximum atomic E-state index is 13.2. The number of hydrogen-bond donors (Lipinski definition) is 1. The molecule has 38 heavy (non-hydrogen) atoms. The largest absolute Gasteiger partial charge is 0.486 e. The number of amides is 1. The number of aromatic nitrogens is 2. The van der Waals surface area contributed by atoms with Crippen LogP contribution in [-0.4, -0.2) is 34.7 Å². The average Bonchev–Trinajstić information content (AvgIpc) is 3.65. The molecule has 1 saturated heterocycles. The van der Waals surface area contributed by atoms with E-state index in [-0.39, 0.29) is 12.0 Å². The zero-order valence-corrected chi connectivity index (χ0v) is 23.9. The molecule has 1 atom stereocenters. The Morgan fingerprint density at radius 1 is 1.21 bits per heavy atom. The molecule has 5 rings (SSSR count). The molecule has 1 aliphatic heterocycles. The van der Waals surface area contributed by atoms with Crippen molar-refractivity contribution in [3.8, 4) is 17.1 Å². The Balaban J connectivity index is 1.32. The molecule has 0 bridgehead atoms. The van der Waals surface area contributed by atoms with Crippen LogP contribution in [0.5, 0.6) is 5.75 Å². The van der Waals surface area contributed by atoms with Gasteiger partial charge in [-0.3, -0.25) is 4.79 Å². The van der Waals surface area contributed by atoms with Crippen molar-refractivity contribution in [3.63, 3.8) is 0 Å². The van der Waals surface area contributed by atoms with Gasteiger partial charge in [0, 0.05) is 40.8 Å². The summed E-state index contributed by atoms with van der Waals surface area (Å²) in [6, 6.07) is 7.10.